The highest BCUT2D eigenvalue weighted by Gasteiger charge is 2.07. The maximum absolute atomic E-state index is 12.4. The number of nitrogens with zero attached hydrogens (tertiary/aromatic N) is 1. The van der Waals surface area contributed by atoms with Crippen molar-refractivity contribution in [3.05, 3.63) is 72.4 Å². The topological polar surface area (TPSA) is 81.7 Å². The van der Waals surface area contributed by atoms with E-state index in [1.54, 1.807) is 32.5 Å². The molecule has 0 fully saturated rings. The van der Waals surface area contributed by atoms with E-state index < -0.39 is 0 Å². The van der Waals surface area contributed by atoms with Crippen molar-refractivity contribution in [2.45, 2.75) is 0 Å². The second-order valence-corrected chi connectivity index (χ2v) is 6.06. The van der Waals surface area contributed by atoms with Crippen LogP contribution in [0.5, 0.6) is 17.2 Å². The molecule has 0 aliphatic rings. The Morgan fingerprint density at radius 2 is 1.52 bits per heavy atom. The van der Waals surface area contributed by atoms with Crippen LogP contribution in [-0.2, 0) is 0 Å². The molecule has 3 aromatic rings. The molecule has 29 heavy (non-hydrogen) atoms. The van der Waals surface area contributed by atoms with Crippen LogP contribution in [0, 0.1) is 0 Å². The number of amides is 1. The molecule has 0 aliphatic carbocycles. The van der Waals surface area contributed by atoms with Gasteiger partial charge in [-0.05, 0) is 60.7 Å². The number of ether oxygens (including phenoxy) is 3. The quantitative estimate of drug-likeness (QED) is 0.540. The molecule has 7 heteroatoms. The molecular weight excluding hydrogens is 370 g/mol. The summed E-state index contributed by atoms with van der Waals surface area (Å²) in [5.41, 5.74) is 1.37. The van der Waals surface area contributed by atoms with Crippen LogP contribution < -0.4 is 24.8 Å². The lowest BCUT2D eigenvalue weighted by Crippen LogP contribution is -2.28. The number of anilines is 2. The van der Waals surface area contributed by atoms with E-state index in [2.05, 4.69) is 15.6 Å². The van der Waals surface area contributed by atoms with E-state index in [1.165, 1.54) is 0 Å². The third-order valence-electron chi connectivity index (χ3n) is 4.10. The fourth-order valence-electron chi connectivity index (χ4n) is 2.57. The number of methoxy groups -OCH3 is 2. The largest absolute Gasteiger partial charge is 0.497 e. The number of carbonyl (C=O) groups excluding carboxylic acids is 1. The van der Waals surface area contributed by atoms with Gasteiger partial charge in [-0.25, -0.2) is 4.98 Å². The molecule has 2 aromatic carbocycles. The second kappa shape index (κ2) is 9.98. The molecule has 0 unspecified atom stereocenters. The Balaban J connectivity index is 1.49. The summed E-state index contributed by atoms with van der Waals surface area (Å²) in [4.78, 5) is 16.6. The summed E-state index contributed by atoms with van der Waals surface area (Å²) in [6.07, 6.45) is 1.59. The summed E-state index contributed by atoms with van der Waals surface area (Å²) in [5.74, 6) is 2.65. The summed E-state index contributed by atoms with van der Waals surface area (Å²) in [7, 11) is 3.23. The molecule has 1 aromatic heterocycles. The predicted octanol–water partition coefficient (Wildman–Crippen LogP) is 3.65. The minimum absolute atomic E-state index is 0.191. The molecule has 3 rings (SSSR count). The van der Waals surface area contributed by atoms with Crippen LogP contribution in [-0.4, -0.2) is 38.3 Å². The van der Waals surface area contributed by atoms with Crippen LogP contribution in [0.3, 0.4) is 0 Å². The van der Waals surface area contributed by atoms with Gasteiger partial charge in [0.1, 0.15) is 29.7 Å². The zero-order valence-corrected chi connectivity index (χ0v) is 16.3. The standard InChI is InChI=1S/C22H23N3O4/c1-27-18-5-3-17(4-6-18)25-21-15-16(11-12-23-21)22(26)24-13-14-29-20-9-7-19(28-2)8-10-20/h3-12,15H,13-14H2,1-2H3,(H,23,25)(H,24,26). The van der Waals surface area contributed by atoms with Crippen LogP contribution in [0.15, 0.2) is 66.9 Å². The van der Waals surface area contributed by atoms with Crippen LogP contribution >= 0.6 is 0 Å². The third-order valence-corrected chi connectivity index (χ3v) is 4.10. The highest BCUT2D eigenvalue weighted by atomic mass is 16.5. The number of pyridine rings is 1. The average molecular weight is 393 g/mol. The number of rotatable bonds is 9. The third kappa shape index (κ3) is 5.87. The van der Waals surface area contributed by atoms with Gasteiger partial charge in [-0.2, -0.15) is 0 Å². The van der Waals surface area contributed by atoms with Gasteiger partial charge in [0.25, 0.3) is 5.91 Å². The van der Waals surface area contributed by atoms with Crippen LogP contribution in [0.1, 0.15) is 10.4 Å². The van der Waals surface area contributed by atoms with Crippen molar-refractivity contribution in [1.82, 2.24) is 10.3 Å². The number of hydrogen-bond donors (Lipinski definition) is 2. The second-order valence-electron chi connectivity index (χ2n) is 6.06. The monoisotopic (exact) mass is 393 g/mol. The first kappa shape index (κ1) is 20.0. The van der Waals surface area contributed by atoms with E-state index >= 15 is 0 Å². The van der Waals surface area contributed by atoms with Crippen molar-refractivity contribution >= 4 is 17.4 Å². The molecule has 0 aliphatic heterocycles. The number of nitrogens with one attached hydrogen (secondary N) is 2. The summed E-state index contributed by atoms with van der Waals surface area (Å²) < 4.78 is 15.9. The van der Waals surface area contributed by atoms with Gasteiger partial charge in [-0.15, -0.1) is 0 Å². The van der Waals surface area contributed by atoms with E-state index in [4.69, 9.17) is 14.2 Å². The van der Waals surface area contributed by atoms with Gasteiger partial charge in [0.15, 0.2) is 0 Å². The van der Waals surface area contributed by atoms with Crippen molar-refractivity contribution in [1.29, 1.82) is 0 Å². The minimum atomic E-state index is -0.191. The van der Waals surface area contributed by atoms with Crippen molar-refractivity contribution in [2.75, 3.05) is 32.7 Å². The lowest BCUT2D eigenvalue weighted by atomic mass is 10.2. The summed E-state index contributed by atoms with van der Waals surface area (Å²) in [5, 5.41) is 6.00. The molecule has 150 valence electrons. The Morgan fingerprint density at radius 3 is 2.17 bits per heavy atom. The molecule has 0 radical (unpaired) electrons. The zero-order chi connectivity index (χ0) is 20.5. The highest BCUT2D eigenvalue weighted by molar-refractivity contribution is 5.94. The molecule has 0 saturated heterocycles. The van der Waals surface area contributed by atoms with Crippen molar-refractivity contribution in [2.24, 2.45) is 0 Å². The number of aromatic nitrogens is 1. The number of benzene rings is 2. The van der Waals surface area contributed by atoms with Crippen LogP contribution in [0.25, 0.3) is 0 Å². The number of carbonyl (C=O) groups is 1. The van der Waals surface area contributed by atoms with E-state index in [-0.39, 0.29) is 5.91 Å². The maximum atomic E-state index is 12.4. The van der Waals surface area contributed by atoms with Crippen molar-refractivity contribution in [3.63, 3.8) is 0 Å². The van der Waals surface area contributed by atoms with Gasteiger partial charge in [0.2, 0.25) is 0 Å². The fraction of sp³-hybridized carbons (Fsp3) is 0.182. The summed E-state index contributed by atoms with van der Waals surface area (Å²) >= 11 is 0. The summed E-state index contributed by atoms with van der Waals surface area (Å²) in [6.45, 7) is 0.745. The molecular formula is C22H23N3O4. The SMILES string of the molecule is COc1ccc(Nc2cc(C(=O)NCCOc3ccc(OC)cc3)ccn2)cc1. The van der Waals surface area contributed by atoms with Crippen LogP contribution in [0.4, 0.5) is 11.5 Å². The van der Waals surface area contributed by atoms with Gasteiger partial charge >= 0.3 is 0 Å². The first-order valence-corrected chi connectivity index (χ1v) is 9.10. The first-order chi connectivity index (χ1) is 14.2. The highest BCUT2D eigenvalue weighted by Crippen LogP contribution is 2.19. The molecule has 7 nitrogen and oxygen atoms in total. The Bertz CT molecular complexity index is 928. The van der Waals surface area contributed by atoms with Gasteiger partial charge in [0, 0.05) is 17.4 Å². The molecule has 1 heterocycles. The normalized spacial score (nSPS) is 10.1. The van der Waals surface area contributed by atoms with E-state index in [1.807, 2.05) is 48.5 Å². The van der Waals surface area contributed by atoms with E-state index in [9.17, 15) is 4.79 Å². The molecule has 0 saturated carbocycles. The zero-order valence-electron chi connectivity index (χ0n) is 16.3. The molecule has 0 spiro atoms. The van der Waals surface area contributed by atoms with E-state index in [0.29, 0.717) is 24.5 Å². The average Bonchev–Trinajstić information content (AvgIpc) is 2.77. The summed E-state index contributed by atoms with van der Waals surface area (Å²) in [6, 6.07) is 18.1. The molecule has 1 amide bonds. The van der Waals surface area contributed by atoms with Gasteiger partial charge in [-0.1, -0.05) is 0 Å². The Morgan fingerprint density at radius 1 is 0.897 bits per heavy atom. The Labute approximate surface area is 169 Å². The van der Waals surface area contributed by atoms with Crippen LogP contribution in [0.2, 0.25) is 0 Å². The number of hydrogen-bond acceptors (Lipinski definition) is 6. The van der Waals surface area contributed by atoms with Crippen molar-refractivity contribution < 1.29 is 19.0 Å². The predicted molar refractivity (Wildman–Crippen MR) is 111 cm³/mol. The maximum Gasteiger partial charge on any atom is 0.251 e. The van der Waals surface area contributed by atoms with Gasteiger partial charge in [0.05, 0.1) is 20.8 Å². The van der Waals surface area contributed by atoms with Gasteiger partial charge < -0.3 is 24.8 Å². The lowest BCUT2D eigenvalue weighted by molar-refractivity contribution is 0.0947. The molecule has 2 N–H and O–H groups in total. The first-order valence-electron chi connectivity index (χ1n) is 9.10. The van der Waals surface area contributed by atoms with Gasteiger partial charge in [-0.3, -0.25) is 4.79 Å². The fourth-order valence-corrected chi connectivity index (χ4v) is 2.57. The molecule has 0 bridgehead atoms. The lowest BCUT2D eigenvalue weighted by Gasteiger charge is -2.10. The van der Waals surface area contributed by atoms with E-state index in [0.717, 1.165) is 22.9 Å². The minimum Gasteiger partial charge on any atom is -0.497 e. The Kier molecular flexibility index (Phi) is 6.89. The van der Waals surface area contributed by atoms with Crippen molar-refractivity contribution in [3.8, 4) is 17.2 Å². The molecule has 0 atom stereocenters. The smallest absolute Gasteiger partial charge is 0.251 e. The Hall–Kier alpha value is -3.74.